The average Bonchev–Trinajstić information content (AvgIpc) is 2.64. The van der Waals surface area contributed by atoms with Crippen molar-refractivity contribution in [3.63, 3.8) is 0 Å². The van der Waals surface area contributed by atoms with E-state index in [2.05, 4.69) is 10.3 Å². The Morgan fingerprint density at radius 3 is 2.60 bits per heavy atom. The number of carbonyl (C=O) groups excluding carboxylic acids is 1. The highest BCUT2D eigenvalue weighted by Gasteiger charge is 2.24. The molecule has 1 amide bonds. The van der Waals surface area contributed by atoms with E-state index >= 15 is 0 Å². The summed E-state index contributed by atoms with van der Waals surface area (Å²) in [6.07, 6.45) is 4.96. The predicted molar refractivity (Wildman–Crippen MR) is 94.5 cm³/mol. The van der Waals surface area contributed by atoms with Crippen LogP contribution in [0.15, 0.2) is 42.6 Å². The first-order chi connectivity index (χ1) is 12.2. The molecule has 0 saturated heterocycles. The number of hydrogen-bond donors (Lipinski definition) is 1. The van der Waals surface area contributed by atoms with Crippen LogP contribution in [-0.4, -0.2) is 23.0 Å². The van der Waals surface area contributed by atoms with Crippen molar-refractivity contribution in [2.75, 3.05) is 0 Å². The summed E-state index contributed by atoms with van der Waals surface area (Å²) >= 11 is 6.06. The summed E-state index contributed by atoms with van der Waals surface area (Å²) in [7, 11) is 0. The maximum absolute atomic E-state index is 12.3. The van der Waals surface area contributed by atoms with Crippen LogP contribution in [0.5, 0.6) is 5.88 Å². The lowest BCUT2D eigenvalue weighted by Crippen LogP contribution is -2.39. The van der Waals surface area contributed by atoms with Gasteiger partial charge in [0.05, 0.1) is 16.1 Å². The molecule has 3 rings (SSSR count). The second-order valence-electron chi connectivity index (χ2n) is 6.04. The molecule has 25 heavy (non-hydrogen) atoms. The summed E-state index contributed by atoms with van der Waals surface area (Å²) in [4.78, 5) is 16.4. The van der Waals surface area contributed by atoms with Gasteiger partial charge in [0.1, 0.15) is 12.2 Å². The second kappa shape index (κ2) is 8.00. The topological polar surface area (TPSA) is 75.0 Å². The van der Waals surface area contributed by atoms with Gasteiger partial charge in [-0.1, -0.05) is 23.7 Å². The Balaban J connectivity index is 1.49. The Hall–Kier alpha value is -2.58. The smallest absolute Gasteiger partial charge is 0.253 e. The van der Waals surface area contributed by atoms with Gasteiger partial charge in [0.2, 0.25) is 5.88 Å². The van der Waals surface area contributed by atoms with Crippen LogP contribution in [0.2, 0.25) is 5.02 Å². The number of nitrogens with zero attached hydrogens (tertiary/aromatic N) is 2. The van der Waals surface area contributed by atoms with E-state index in [4.69, 9.17) is 21.6 Å². The van der Waals surface area contributed by atoms with Gasteiger partial charge >= 0.3 is 0 Å². The number of nitriles is 1. The molecule has 0 radical (unpaired) electrons. The lowest BCUT2D eigenvalue weighted by Gasteiger charge is -2.29. The fraction of sp³-hybridized carbons (Fsp3) is 0.316. The number of nitrogens with one attached hydrogen (secondary N) is 1. The van der Waals surface area contributed by atoms with Gasteiger partial charge in [0, 0.05) is 18.3 Å². The molecule has 128 valence electrons. The van der Waals surface area contributed by atoms with Gasteiger partial charge in [-0.2, -0.15) is 5.26 Å². The molecule has 1 aromatic heterocycles. The molecule has 5 nitrogen and oxygen atoms in total. The van der Waals surface area contributed by atoms with Crippen molar-refractivity contribution in [2.45, 2.75) is 37.8 Å². The molecule has 1 aliphatic carbocycles. The van der Waals surface area contributed by atoms with Crippen molar-refractivity contribution in [1.29, 1.82) is 5.26 Å². The minimum atomic E-state index is -0.135. The van der Waals surface area contributed by atoms with E-state index in [-0.39, 0.29) is 18.1 Å². The molecule has 1 saturated carbocycles. The van der Waals surface area contributed by atoms with E-state index in [1.165, 1.54) is 6.20 Å². The number of benzene rings is 1. The van der Waals surface area contributed by atoms with E-state index in [9.17, 15) is 4.79 Å². The predicted octanol–water partition coefficient (Wildman–Crippen LogP) is 3.73. The van der Waals surface area contributed by atoms with Gasteiger partial charge in [-0.05, 0) is 43.9 Å². The van der Waals surface area contributed by atoms with Crippen molar-refractivity contribution in [1.82, 2.24) is 10.3 Å². The minimum Gasteiger partial charge on any atom is -0.474 e. The van der Waals surface area contributed by atoms with Crippen LogP contribution in [0, 0.1) is 11.3 Å². The summed E-state index contributed by atoms with van der Waals surface area (Å²) in [6, 6.07) is 12.6. The zero-order valence-corrected chi connectivity index (χ0v) is 14.4. The monoisotopic (exact) mass is 355 g/mol. The van der Waals surface area contributed by atoms with Crippen molar-refractivity contribution in [3.8, 4) is 11.9 Å². The number of rotatable bonds is 4. The Bertz CT molecular complexity index is 778. The van der Waals surface area contributed by atoms with Gasteiger partial charge in [-0.15, -0.1) is 0 Å². The normalized spacial score (nSPS) is 19.7. The molecule has 2 aromatic rings. The van der Waals surface area contributed by atoms with Crippen molar-refractivity contribution in [3.05, 3.63) is 58.7 Å². The highest BCUT2D eigenvalue weighted by Crippen LogP contribution is 2.24. The Labute approximate surface area is 151 Å². The molecular formula is C19H18ClN3O2. The number of hydrogen-bond acceptors (Lipinski definition) is 4. The molecule has 1 aromatic carbocycles. The largest absolute Gasteiger partial charge is 0.474 e. The first kappa shape index (κ1) is 17.2. The van der Waals surface area contributed by atoms with Crippen LogP contribution in [0.4, 0.5) is 0 Å². The fourth-order valence-corrected chi connectivity index (χ4v) is 3.14. The summed E-state index contributed by atoms with van der Waals surface area (Å²) in [6.45, 7) is 0. The van der Waals surface area contributed by atoms with Crippen LogP contribution >= 0.6 is 11.6 Å². The van der Waals surface area contributed by atoms with Crippen LogP contribution < -0.4 is 10.1 Å². The maximum Gasteiger partial charge on any atom is 0.253 e. The first-order valence-electron chi connectivity index (χ1n) is 8.24. The summed E-state index contributed by atoms with van der Waals surface area (Å²) in [5.41, 5.74) is 1.02. The first-order valence-corrected chi connectivity index (χ1v) is 8.61. The highest BCUT2D eigenvalue weighted by molar-refractivity contribution is 6.33. The number of amides is 1. The third-order valence-corrected chi connectivity index (χ3v) is 4.61. The number of ether oxygens (including phenoxy) is 1. The van der Waals surface area contributed by atoms with Gasteiger partial charge in [-0.25, -0.2) is 4.98 Å². The number of aromatic nitrogens is 1. The second-order valence-corrected chi connectivity index (χ2v) is 6.45. The van der Waals surface area contributed by atoms with Crippen LogP contribution in [-0.2, 0) is 0 Å². The minimum absolute atomic E-state index is 0.0777. The molecule has 0 aliphatic heterocycles. The molecule has 0 bridgehead atoms. The molecule has 0 spiro atoms. The highest BCUT2D eigenvalue weighted by atomic mass is 35.5. The lowest BCUT2D eigenvalue weighted by atomic mass is 9.92. The summed E-state index contributed by atoms with van der Waals surface area (Å²) in [5.74, 6) is 0.395. The van der Waals surface area contributed by atoms with Gasteiger partial charge < -0.3 is 10.1 Å². The van der Waals surface area contributed by atoms with Crippen LogP contribution in [0.25, 0.3) is 0 Å². The molecule has 6 heteroatoms. The Morgan fingerprint density at radius 2 is 1.96 bits per heavy atom. The third kappa shape index (κ3) is 4.49. The van der Waals surface area contributed by atoms with Crippen LogP contribution in [0.3, 0.4) is 0 Å². The SMILES string of the molecule is N#Cc1ccc(OC2CCC(NC(=O)c3ccccc3Cl)CC2)nc1. The number of pyridine rings is 1. The van der Waals surface area contributed by atoms with Crippen molar-refractivity contribution in [2.24, 2.45) is 0 Å². The van der Waals surface area contributed by atoms with E-state index in [1.54, 1.807) is 36.4 Å². The summed E-state index contributed by atoms with van der Waals surface area (Å²) in [5, 5.41) is 12.3. The lowest BCUT2D eigenvalue weighted by molar-refractivity contribution is 0.0890. The zero-order valence-electron chi connectivity index (χ0n) is 13.6. The molecule has 0 unspecified atom stereocenters. The zero-order chi connectivity index (χ0) is 17.6. The molecule has 1 N–H and O–H groups in total. The van der Waals surface area contributed by atoms with E-state index < -0.39 is 0 Å². The Kier molecular flexibility index (Phi) is 5.52. The van der Waals surface area contributed by atoms with E-state index in [0.717, 1.165) is 25.7 Å². The van der Waals surface area contributed by atoms with Crippen LogP contribution in [0.1, 0.15) is 41.6 Å². The van der Waals surface area contributed by atoms with Gasteiger partial charge in [0.25, 0.3) is 5.91 Å². The average molecular weight is 356 g/mol. The number of halogens is 1. The van der Waals surface area contributed by atoms with E-state index in [0.29, 0.717) is 22.0 Å². The van der Waals surface area contributed by atoms with Gasteiger partial charge in [-0.3, -0.25) is 4.79 Å². The third-order valence-electron chi connectivity index (χ3n) is 4.28. The standard InChI is InChI=1S/C19H18ClN3O2/c20-17-4-2-1-3-16(17)19(24)23-14-6-8-15(9-7-14)25-18-10-5-13(11-21)12-22-18/h1-5,10,12,14-15H,6-9H2,(H,23,24). The van der Waals surface area contributed by atoms with Crippen molar-refractivity contribution < 1.29 is 9.53 Å². The summed E-state index contributed by atoms with van der Waals surface area (Å²) < 4.78 is 5.86. The van der Waals surface area contributed by atoms with Gasteiger partial charge in [0.15, 0.2) is 0 Å². The van der Waals surface area contributed by atoms with Crippen molar-refractivity contribution >= 4 is 17.5 Å². The quantitative estimate of drug-likeness (QED) is 0.906. The number of carbonyl (C=O) groups is 1. The Morgan fingerprint density at radius 1 is 1.20 bits per heavy atom. The molecule has 1 heterocycles. The molecule has 1 fully saturated rings. The maximum atomic E-state index is 12.3. The molecule has 0 atom stereocenters. The van der Waals surface area contributed by atoms with E-state index in [1.807, 2.05) is 6.07 Å². The fourth-order valence-electron chi connectivity index (χ4n) is 2.92. The molecular weight excluding hydrogens is 338 g/mol. The molecule has 1 aliphatic rings.